The average molecular weight is 341 g/mol. The Hall–Kier alpha value is -1.64. The van der Waals surface area contributed by atoms with E-state index in [1.807, 2.05) is 13.8 Å². The van der Waals surface area contributed by atoms with Crippen LogP contribution in [0.5, 0.6) is 0 Å². The van der Waals surface area contributed by atoms with Crippen molar-refractivity contribution in [3.05, 3.63) is 54.1 Å². The van der Waals surface area contributed by atoms with E-state index in [9.17, 15) is 5.11 Å². The number of rotatable bonds is 7. The second-order valence-electron chi connectivity index (χ2n) is 7.64. The summed E-state index contributed by atoms with van der Waals surface area (Å²) in [6.45, 7) is 16.1. The van der Waals surface area contributed by atoms with Crippen molar-refractivity contribution in [2.24, 2.45) is 0 Å². The van der Waals surface area contributed by atoms with Gasteiger partial charge < -0.3 is 9.84 Å². The molecule has 0 saturated carbocycles. The Morgan fingerprint density at radius 1 is 1.12 bits per heavy atom. The van der Waals surface area contributed by atoms with Gasteiger partial charge in [-0.15, -0.1) is 0 Å². The molecule has 2 heteroatoms. The minimum Gasteiger partial charge on any atom is -0.388 e. The summed E-state index contributed by atoms with van der Waals surface area (Å²) in [4.78, 5) is 0. The summed E-state index contributed by atoms with van der Waals surface area (Å²) in [5.74, 6) is 0. The molecule has 0 bridgehead atoms. The van der Waals surface area contributed by atoms with Crippen LogP contribution >= 0.6 is 0 Å². The van der Waals surface area contributed by atoms with Gasteiger partial charge in [-0.05, 0) is 74.6 Å². The number of benzene rings is 2. The van der Waals surface area contributed by atoms with Crippen LogP contribution in [-0.4, -0.2) is 16.8 Å². The van der Waals surface area contributed by atoms with Crippen LogP contribution in [0.1, 0.15) is 65.5 Å². The van der Waals surface area contributed by atoms with Gasteiger partial charge in [-0.2, -0.15) is 0 Å². The summed E-state index contributed by atoms with van der Waals surface area (Å²) in [5, 5.41) is 12.8. The van der Waals surface area contributed by atoms with Gasteiger partial charge in [0.25, 0.3) is 0 Å². The first-order valence-corrected chi connectivity index (χ1v) is 9.24. The van der Waals surface area contributed by atoms with Gasteiger partial charge in [0, 0.05) is 0 Å². The highest BCUT2D eigenvalue weighted by Crippen LogP contribution is 2.41. The van der Waals surface area contributed by atoms with Crippen molar-refractivity contribution in [3.63, 3.8) is 0 Å². The monoisotopic (exact) mass is 340 g/mol. The van der Waals surface area contributed by atoms with Crippen LogP contribution in [0.15, 0.2) is 43.0 Å². The fraction of sp³-hybridized carbons (Fsp3) is 0.478. The van der Waals surface area contributed by atoms with Gasteiger partial charge in [-0.1, -0.05) is 50.3 Å². The summed E-state index contributed by atoms with van der Waals surface area (Å²) in [5.41, 5.74) is 2.00. The van der Waals surface area contributed by atoms with E-state index in [0.29, 0.717) is 0 Å². The topological polar surface area (TPSA) is 29.5 Å². The molecule has 0 saturated heterocycles. The van der Waals surface area contributed by atoms with Crippen molar-refractivity contribution in [1.82, 2.24) is 0 Å². The van der Waals surface area contributed by atoms with Crippen molar-refractivity contribution in [1.29, 1.82) is 0 Å². The zero-order valence-electron chi connectivity index (χ0n) is 16.5. The lowest BCUT2D eigenvalue weighted by Gasteiger charge is -2.40. The Labute approximate surface area is 152 Å². The van der Waals surface area contributed by atoms with E-state index >= 15 is 0 Å². The predicted octanol–water partition coefficient (Wildman–Crippen LogP) is 6.06. The minimum absolute atomic E-state index is 0.281. The molecule has 1 N–H and O–H groups in total. The van der Waals surface area contributed by atoms with E-state index in [-0.39, 0.29) is 6.10 Å². The third-order valence-electron chi connectivity index (χ3n) is 5.38. The molecule has 0 heterocycles. The Morgan fingerprint density at radius 2 is 1.64 bits per heavy atom. The number of hydrogen-bond acceptors (Lipinski definition) is 2. The van der Waals surface area contributed by atoms with Gasteiger partial charge in [0.15, 0.2) is 0 Å². The maximum absolute atomic E-state index is 10.4. The average Bonchev–Trinajstić information content (AvgIpc) is 2.57. The van der Waals surface area contributed by atoms with Crippen LogP contribution in [-0.2, 0) is 10.3 Å². The number of allylic oxidation sites excluding steroid dienone is 1. The lowest BCUT2D eigenvalue weighted by Crippen LogP contribution is -2.43. The molecule has 1 atom stereocenters. The smallest absolute Gasteiger partial charge is 0.0937 e. The van der Waals surface area contributed by atoms with Crippen LogP contribution in [0, 0.1) is 0 Å². The zero-order valence-corrected chi connectivity index (χ0v) is 16.5. The molecule has 2 rings (SSSR count). The number of ether oxygens (including phenoxy) is 1. The predicted molar refractivity (Wildman–Crippen MR) is 108 cm³/mol. The van der Waals surface area contributed by atoms with Gasteiger partial charge in [-0.3, -0.25) is 0 Å². The third kappa shape index (κ3) is 3.96. The Morgan fingerprint density at radius 3 is 2.08 bits per heavy atom. The standard InChI is InChI=1S/C23H32O2/c1-8-23(9-2,25-17(5)22(6,7)24)21-15-19-13-11-10-12-18(19)14-20(21)16(3)4/h10-15,17,24H,3,8-9H2,1-2,4-7H3. The molecular formula is C23H32O2. The summed E-state index contributed by atoms with van der Waals surface area (Å²) >= 11 is 0. The summed E-state index contributed by atoms with van der Waals surface area (Å²) in [6, 6.07) is 12.8. The van der Waals surface area contributed by atoms with Crippen LogP contribution in [0.4, 0.5) is 0 Å². The van der Waals surface area contributed by atoms with Gasteiger partial charge >= 0.3 is 0 Å². The SMILES string of the molecule is C=C(C)c1cc2ccccc2cc1C(CC)(CC)OC(C)C(C)(C)O. The van der Waals surface area contributed by atoms with E-state index in [4.69, 9.17) is 4.74 Å². The number of hydrogen-bond donors (Lipinski definition) is 1. The van der Waals surface area contributed by atoms with Crippen molar-refractivity contribution in [2.75, 3.05) is 0 Å². The fourth-order valence-corrected chi connectivity index (χ4v) is 3.31. The van der Waals surface area contributed by atoms with Crippen molar-refractivity contribution in [2.45, 2.75) is 71.7 Å². The minimum atomic E-state index is -0.893. The van der Waals surface area contributed by atoms with Gasteiger partial charge in [-0.25, -0.2) is 0 Å². The molecule has 0 aliphatic heterocycles. The molecule has 0 radical (unpaired) electrons. The maximum atomic E-state index is 10.4. The van der Waals surface area contributed by atoms with Crippen LogP contribution < -0.4 is 0 Å². The first-order valence-electron chi connectivity index (χ1n) is 9.24. The lowest BCUT2D eigenvalue weighted by molar-refractivity contribution is -0.164. The van der Waals surface area contributed by atoms with E-state index < -0.39 is 11.2 Å². The van der Waals surface area contributed by atoms with Crippen molar-refractivity contribution < 1.29 is 9.84 Å². The van der Waals surface area contributed by atoms with E-state index in [0.717, 1.165) is 24.0 Å². The first-order chi connectivity index (χ1) is 11.6. The first kappa shape index (κ1) is 19.7. The highest BCUT2D eigenvalue weighted by Gasteiger charge is 2.37. The Kier molecular flexibility index (Phi) is 5.75. The van der Waals surface area contributed by atoms with Crippen molar-refractivity contribution >= 4 is 16.3 Å². The second-order valence-corrected chi connectivity index (χ2v) is 7.64. The molecule has 0 amide bonds. The number of fused-ring (bicyclic) bond motifs is 1. The molecular weight excluding hydrogens is 308 g/mol. The molecule has 0 aliphatic rings. The highest BCUT2D eigenvalue weighted by molar-refractivity contribution is 5.87. The molecule has 2 aromatic carbocycles. The molecule has 25 heavy (non-hydrogen) atoms. The molecule has 2 nitrogen and oxygen atoms in total. The number of aliphatic hydroxyl groups is 1. The molecule has 0 fully saturated rings. The fourth-order valence-electron chi connectivity index (χ4n) is 3.31. The molecule has 1 unspecified atom stereocenters. The second kappa shape index (κ2) is 7.31. The largest absolute Gasteiger partial charge is 0.388 e. The normalized spacial score (nSPS) is 13.9. The molecule has 136 valence electrons. The molecule has 0 spiro atoms. The van der Waals surface area contributed by atoms with Gasteiger partial charge in [0.05, 0.1) is 17.3 Å². The van der Waals surface area contributed by atoms with Crippen LogP contribution in [0.3, 0.4) is 0 Å². The third-order valence-corrected chi connectivity index (χ3v) is 5.38. The highest BCUT2D eigenvalue weighted by atomic mass is 16.5. The Bertz CT molecular complexity index is 748. The summed E-state index contributed by atoms with van der Waals surface area (Å²) in [6.07, 6.45) is 1.39. The molecule has 0 aromatic heterocycles. The van der Waals surface area contributed by atoms with Crippen LogP contribution in [0.2, 0.25) is 0 Å². The quantitative estimate of drug-likeness (QED) is 0.663. The van der Waals surface area contributed by atoms with E-state index in [2.05, 4.69) is 56.8 Å². The zero-order chi connectivity index (χ0) is 18.8. The summed E-state index contributed by atoms with van der Waals surface area (Å²) in [7, 11) is 0. The Balaban J connectivity index is 2.68. The molecule has 2 aromatic rings. The molecule has 0 aliphatic carbocycles. The lowest BCUT2D eigenvalue weighted by atomic mass is 9.81. The maximum Gasteiger partial charge on any atom is 0.0937 e. The van der Waals surface area contributed by atoms with Gasteiger partial charge in [0.2, 0.25) is 0 Å². The van der Waals surface area contributed by atoms with Gasteiger partial charge in [0.1, 0.15) is 0 Å². The van der Waals surface area contributed by atoms with E-state index in [1.165, 1.54) is 16.3 Å². The van der Waals surface area contributed by atoms with Crippen LogP contribution in [0.25, 0.3) is 16.3 Å². The summed E-state index contributed by atoms with van der Waals surface area (Å²) < 4.78 is 6.54. The van der Waals surface area contributed by atoms with E-state index in [1.54, 1.807) is 13.8 Å². The van der Waals surface area contributed by atoms with Crippen molar-refractivity contribution in [3.8, 4) is 0 Å².